The van der Waals surface area contributed by atoms with E-state index in [0.717, 1.165) is 16.6 Å². The minimum Gasteiger partial charge on any atom is -0.400 e. The first-order chi connectivity index (χ1) is 4.79. The molecule has 0 saturated carbocycles. The average molecular weight is 223 g/mol. The van der Waals surface area contributed by atoms with E-state index in [4.69, 9.17) is 16.7 Å². The fourth-order valence-electron chi connectivity index (χ4n) is 0.460. The summed E-state index contributed by atoms with van der Waals surface area (Å²) in [6, 6.07) is 7.52. The van der Waals surface area contributed by atoms with Crippen LogP contribution in [0.3, 0.4) is 0 Å². The van der Waals surface area contributed by atoms with Crippen LogP contribution >= 0.6 is 27.5 Å². The summed E-state index contributed by atoms with van der Waals surface area (Å²) >= 11 is 8.89. The molecule has 1 nitrogen and oxygen atoms in total. The minimum atomic E-state index is 0.763. The average Bonchev–Trinajstić information content (AvgIpc) is 1.91. The van der Waals surface area contributed by atoms with E-state index in [-0.39, 0.29) is 0 Å². The Labute approximate surface area is 73.8 Å². The van der Waals surface area contributed by atoms with Crippen LogP contribution in [-0.2, 0) is 0 Å². The van der Waals surface area contributed by atoms with Crippen LogP contribution in [0.4, 0.5) is 0 Å². The zero-order chi connectivity index (χ0) is 7.98. The van der Waals surface area contributed by atoms with E-state index in [1.165, 1.54) is 0 Å². The zero-order valence-electron chi connectivity index (χ0n) is 5.51. The molecule has 0 unspecified atom stereocenters. The van der Waals surface area contributed by atoms with E-state index < -0.39 is 0 Å². The zero-order valence-corrected chi connectivity index (χ0v) is 7.85. The van der Waals surface area contributed by atoms with Crippen LogP contribution in [0.2, 0.25) is 5.02 Å². The van der Waals surface area contributed by atoms with Gasteiger partial charge in [0.2, 0.25) is 0 Å². The molecule has 0 spiro atoms. The van der Waals surface area contributed by atoms with Crippen LogP contribution in [0.25, 0.3) is 0 Å². The van der Waals surface area contributed by atoms with Crippen LogP contribution in [0.1, 0.15) is 0 Å². The van der Waals surface area contributed by atoms with E-state index in [1.807, 2.05) is 24.3 Å². The summed E-state index contributed by atoms with van der Waals surface area (Å²) in [7, 11) is 1.00. The smallest absolute Gasteiger partial charge is 0.0417 e. The maximum atomic E-state index is 7.00. The summed E-state index contributed by atoms with van der Waals surface area (Å²) in [6.45, 7) is 0. The third-order valence-electron chi connectivity index (χ3n) is 0.787. The molecular weight excluding hydrogens is 215 g/mol. The lowest BCUT2D eigenvalue weighted by atomic mass is 10.4. The van der Waals surface area contributed by atoms with Crippen molar-refractivity contribution in [2.45, 2.75) is 0 Å². The minimum absolute atomic E-state index is 0.763. The van der Waals surface area contributed by atoms with Crippen molar-refractivity contribution in [1.82, 2.24) is 0 Å². The van der Waals surface area contributed by atoms with Gasteiger partial charge in [-0.3, -0.25) is 0 Å². The second-order valence-corrected chi connectivity index (χ2v) is 2.79. The van der Waals surface area contributed by atoms with E-state index in [9.17, 15) is 0 Å². The standard InChI is InChI=1S/C6H4BrCl.CH4O/c7-5-2-1-3-6(8)4-5;1-2/h1-4H;2H,1H3. The Balaban J connectivity index is 0.000000371. The maximum Gasteiger partial charge on any atom is 0.0417 e. The van der Waals surface area contributed by atoms with Crippen molar-refractivity contribution in [3.63, 3.8) is 0 Å². The quantitative estimate of drug-likeness (QED) is 0.717. The molecule has 0 saturated heterocycles. The Morgan fingerprint density at radius 3 is 2.30 bits per heavy atom. The molecule has 0 heterocycles. The highest BCUT2D eigenvalue weighted by atomic mass is 79.9. The monoisotopic (exact) mass is 222 g/mol. The van der Waals surface area contributed by atoms with Crippen LogP contribution in [0, 0.1) is 0 Å². The molecule has 3 heteroatoms. The van der Waals surface area contributed by atoms with E-state index in [0.29, 0.717) is 0 Å². The van der Waals surface area contributed by atoms with Gasteiger partial charge < -0.3 is 5.11 Å². The molecule has 1 N–H and O–H groups in total. The number of benzene rings is 1. The SMILES string of the molecule is CO.Clc1cccc(Br)c1. The van der Waals surface area contributed by atoms with Gasteiger partial charge in [0.15, 0.2) is 0 Å². The summed E-state index contributed by atoms with van der Waals surface area (Å²) in [4.78, 5) is 0. The molecule has 0 aliphatic rings. The van der Waals surface area contributed by atoms with Crippen molar-refractivity contribution in [3.8, 4) is 0 Å². The van der Waals surface area contributed by atoms with Crippen molar-refractivity contribution in [3.05, 3.63) is 33.8 Å². The van der Waals surface area contributed by atoms with Crippen LogP contribution in [-0.4, -0.2) is 12.2 Å². The van der Waals surface area contributed by atoms with Gasteiger partial charge in [0.1, 0.15) is 0 Å². The number of hydrogen-bond donors (Lipinski definition) is 1. The lowest BCUT2D eigenvalue weighted by molar-refractivity contribution is 0.399. The molecule has 0 radical (unpaired) electrons. The lowest BCUT2D eigenvalue weighted by Crippen LogP contribution is -1.61. The molecule has 1 aromatic carbocycles. The van der Waals surface area contributed by atoms with E-state index in [1.54, 1.807) is 0 Å². The van der Waals surface area contributed by atoms with Crippen LogP contribution in [0.5, 0.6) is 0 Å². The van der Waals surface area contributed by atoms with Crippen molar-refractivity contribution >= 4 is 27.5 Å². The molecule has 0 aliphatic heterocycles. The van der Waals surface area contributed by atoms with Crippen molar-refractivity contribution < 1.29 is 5.11 Å². The first kappa shape index (κ1) is 9.95. The summed E-state index contributed by atoms with van der Waals surface area (Å²) in [5, 5.41) is 7.76. The van der Waals surface area contributed by atoms with Crippen LogP contribution < -0.4 is 0 Å². The topological polar surface area (TPSA) is 20.2 Å². The highest BCUT2D eigenvalue weighted by molar-refractivity contribution is 9.10. The summed E-state index contributed by atoms with van der Waals surface area (Å²) in [5.41, 5.74) is 0. The molecular formula is C7H8BrClO. The predicted molar refractivity (Wildman–Crippen MR) is 47.3 cm³/mol. The first-order valence-corrected chi connectivity index (χ1v) is 3.82. The van der Waals surface area contributed by atoms with Gasteiger partial charge >= 0.3 is 0 Å². The van der Waals surface area contributed by atoms with Crippen molar-refractivity contribution in [2.75, 3.05) is 7.11 Å². The van der Waals surface area contributed by atoms with Gasteiger partial charge in [-0.15, -0.1) is 0 Å². The molecule has 10 heavy (non-hydrogen) atoms. The normalized spacial score (nSPS) is 8.00. The molecule has 0 aliphatic carbocycles. The number of rotatable bonds is 0. The van der Waals surface area contributed by atoms with Gasteiger partial charge in [0.25, 0.3) is 0 Å². The second-order valence-electron chi connectivity index (χ2n) is 1.44. The third kappa shape index (κ3) is 3.88. The highest BCUT2D eigenvalue weighted by Crippen LogP contribution is 2.14. The Hall–Kier alpha value is -0.0500. The summed E-state index contributed by atoms with van der Waals surface area (Å²) in [6.07, 6.45) is 0. The summed E-state index contributed by atoms with van der Waals surface area (Å²) < 4.78 is 1.02. The molecule has 1 aromatic rings. The highest BCUT2D eigenvalue weighted by Gasteiger charge is 1.84. The van der Waals surface area contributed by atoms with Gasteiger partial charge in [-0.05, 0) is 18.2 Å². The third-order valence-corrected chi connectivity index (χ3v) is 1.52. The Morgan fingerprint density at radius 1 is 1.40 bits per heavy atom. The number of aliphatic hydroxyl groups excluding tert-OH is 1. The van der Waals surface area contributed by atoms with Gasteiger partial charge in [0, 0.05) is 16.6 Å². The lowest BCUT2D eigenvalue weighted by Gasteiger charge is -1.87. The van der Waals surface area contributed by atoms with Crippen molar-refractivity contribution in [1.29, 1.82) is 0 Å². The molecule has 0 amide bonds. The van der Waals surface area contributed by atoms with Gasteiger partial charge in [-0.1, -0.05) is 33.6 Å². The van der Waals surface area contributed by atoms with Gasteiger partial charge in [0.05, 0.1) is 0 Å². The molecule has 56 valence electrons. The molecule has 0 atom stereocenters. The first-order valence-electron chi connectivity index (χ1n) is 2.65. The Morgan fingerprint density at radius 2 is 2.00 bits per heavy atom. The number of aliphatic hydroxyl groups is 1. The van der Waals surface area contributed by atoms with Crippen LogP contribution in [0.15, 0.2) is 28.7 Å². The number of halogens is 2. The van der Waals surface area contributed by atoms with Gasteiger partial charge in [-0.25, -0.2) is 0 Å². The number of hydrogen-bond acceptors (Lipinski definition) is 1. The van der Waals surface area contributed by atoms with E-state index >= 15 is 0 Å². The fraction of sp³-hybridized carbons (Fsp3) is 0.143. The summed E-state index contributed by atoms with van der Waals surface area (Å²) in [5.74, 6) is 0. The predicted octanol–water partition coefficient (Wildman–Crippen LogP) is 2.71. The maximum absolute atomic E-state index is 7.00. The fourth-order valence-corrected chi connectivity index (χ4v) is 1.18. The Kier molecular flexibility index (Phi) is 5.69. The Bertz CT molecular complexity index is 173. The van der Waals surface area contributed by atoms with E-state index in [2.05, 4.69) is 15.9 Å². The van der Waals surface area contributed by atoms with Crippen molar-refractivity contribution in [2.24, 2.45) is 0 Å². The second kappa shape index (κ2) is 5.71. The molecule has 0 bridgehead atoms. The molecule has 0 aromatic heterocycles. The largest absolute Gasteiger partial charge is 0.400 e. The molecule has 0 fully saturated rings. The van der Waals surface area contributed by atoms with Gasteiger partial charge in [-0.2, -0.15) is 0 Å². The molecule has 1 rings (SSSR count).